The summed E-state index contributed by atoms with van der Waals surface area (Å²) in [6.45, 7) is 4.46. The molecule has 1 rings (SSSR count). The Bertz CT molecular complexity index is 296. The van der Waals surface area contributed by atoms with Crippen LogP contribution in [0.4, 0.5) is 0 Å². The molecule has 0 aliphatic heterocycles. The van der Waals surface area contributed by atoms with Gasteiger partial charge in [-0.2, -0.15) is 0 Å². The van der Waals surface area contributed by atoms with Gasteiger partial charge in [-0.1, -0.05) is 18.5 Å². The molecule has 80 valence electrons. The second-order valence-electron chi connectivity index (χ2n) is 3.45. The SMILES string of the molecule is CCC(CN)C(O)c1scc(C)c1Cl. The van der Waals surface area contributed by atoms with Crippen LogP contribution < -0.4 is 5.73 Å². The summed E-state index contributed by atoms with van der Waals surface area (Å²) in [4.78, 5) is 0.849. The van der Waals surface area contributed by atoms with Crippen molar-refractivity contribution in [2.75, 3.05) is 6.54 Å². The highest BCUT2D eigenvalue weighted by atomic mass is 35.5. The largest absolute Gasteiger partial charge is 0.387 e. The molecule has 4 heteroatoms. The molecule has 0 aliphatic carbocycles. The third kappa shape index (κ3) is 2.28. The van der Waals surface area contributed by atoms with Crippen LogP contribution in [0.15, 0.2) is 5.38 Å². The molecule has 2 nitrogen and oxygen atoms in total. The maximum atomic E-state index is 10.0. The van der Waals surface area contributed by atoms with Gasteiger partial charge in [-0.25, -0.2) is 0 Å². The van der Waals surface area contributed by atoms with E-state index in [1.165, 1.54) is 11.3 Å². The first-order chi connectivity index (χ1) is 6.61. The fourth-order valence-electron chi connectivity index (χ4n) is 1.38. The lowest BCUT2D eigenvalue weighted by molar-refractivity contribution is 0.113. The van der Waals surface area contributed by atoms with Crippen LogP contribution in [0.25, 0.3) is 0 Å². The Kier molecular flexibility index (Phi) is 4.38. The highest BCUT2D eigenvalue weighted by molar-refractivity contribution is 7.10. The van der Waals surface area contributed by atoms with Gasteiger partial charge in [-0.05, 0) is 30.8 Å². The summed E-state index contributed by atoms with van der Waals surface area (Å²) in [5.41, 5.74) is 6.61. The Hall–Kier alpha value is -0.0900. The molecule has 1 aromatic rings. The Balaban J connectivity index is 2.87. The molecular formula is C10H16ClNOS. The molecule has 0 aromatic carbocycles. The van der Waals surface area contributed by atoms with E-state index in [9.17, 15) is 5.11 Å². The van der Waals surface area contributed by atoms with Crippen LogP contribution in [0.5, 0.6) is 0 Å². The molecule has 14 heavy (non-hydrogen) atoms. The van der Waals surface area contributed by atoms with Gasteiger partial charge in [0.2, 0.25) is 0 Å². The van der Waals surface area contributed by atoms with Crippen molar-refractivity contribution in [3.8, 4) is 0 Å². The molecule has 0 aliphatic rings. The van der Waals surface area contributed by atoms with Crippen molar-refractivity contribution < 1.29 is 5.11 Å². The number of aliphatic hydroxyl groups is 1. The van der Waals surface area contributed by atoms with Crippen molar-refractivity contribution >= 4 is 22.9 Å². The molecule has 0 spiro atoms. The summed E-state index contributed by atoms with van der Waals surface area (Å²) in [7, 11) is 0. The van der Waals surface area contributed by atoms with Crippen molar-refractivity contribution in [3.05, 3.63) is 20.8 Å². The van der Waals surface area contributed by atoms with E-state index in [0.717, 1.165) is 16.9 Å². The minimum Gasteiger partial charge on any atom is -0.387 e. The van der Waals surface area contributed by atoms with Gasteiger partial charge in [0, 0.05) is 5.92 Å². The van der Waals surface area contributed by atoms with Crippen LogP contribution in [0.2, 0.25) is 5.02 Å². The summed E-state index contributed by atoms with van der Waals surface area (Å²) in [5.74, 6) is 0.102. The fourth-order valence-corrected chi connectivity index (χ4v) is 2.76. The van der Waals surface area contributed by atoms with Crippen molar-refractivity contribution in [1.82, 2.24) is 0 Å². The monoisotopic (exact) mass is 233 g/mol. The Morgan fingerprint density at radius 3 is 2.64 bits per heavy atom. The molecule has 3 N–H and O–H groups in total. The molecule has 0 fully saturated rings. The molecule has 0 amide bonds. The van der Waals surface area contributed by atoms with E-state index in [-0.39, 0.29) is 5.92 Å². The number of nitrogens with two attached hydrogens (primary N) is 1. The predicted octanol–water partition coefficient (Wildman–Crippen LogP) is 2.73. The van der Waals surface area contributed by atoms with Crippen LogP contribution in [0.3, 0.4) is 0 Å². The van der Waals surface area contributed by atoms with E-state index in [1.807, 2.05) is 19.2 Å². The standard InChI is InChI=1S/C10H16ClNOS/c1-3-7(4-12)9(13)10-8(11)6(2)5-14-10/h5,7,9,13H,3-4,12H2,1-2H3. The summed E-state index contributed by atoms with van der Waals surface area (Å²) in [5, 5.41) is 12.7. The first-order valence-corrected chi connectivity index (χ1v) is 5.99. The van der Waals surface area contributed by atoms with E-state index in [1.54, 1.807) is 0 Å². The van der Waals surface area contributed by atoms with Crippen LogP contribution in [-0.2, 0) is 0 Å². The van der Waals surface area contributed by atoms with E-state index >= 15 is 0 Å². The lowest BCUT2D eigenvalue weighted by atomic mass is 9.98. The maximum Gasteiger partial charge on any atom is 0.0937 e. The van der Waals surface area contributed by atoms with E-state index in [4.69, 9.17) is 17.3 Å². The topological polar surface area (TPSA) is 46.2 Å². The van der Waals surface area contributed by atoms with Gasteiger partial charge >= 0.3 is 0 Å². The van der Waals surface area contributed by atoms with Crippen LogP contribution >= 0.6 is 22.9 Å². The van der Waals surface area contributed by atoms with Crippen molar-refractivity contribution in [1.29, 1.82) is 0 Å². The number of rotatable bonds is 4. The average molecular weight is 234 g/mol. The van der Waals surface area contributed by atoms with Crippen molar-refractivity contribution in [2.24, 2.45) is 11.7 Å². The van der Waals surface area contributed by atoms with Crippen LogP contribution in [0, 0.1) is 12.8 Å². The van der Waals surface area contributed by atoms with Crippen LogP contribution in [0.1, 0.15) is 29.9 Å². The van der Waals surface area contributed by atoms with Gasteiger partial charge in [-0.3, -0.25) is 0 Å². The third-order valence-corrected chi connectivity index (χ3v) is 4.25. The highest BCUT2D eigenvalue weighted by Gasteiger charge is 2.22. The van der Waals surface area contributed by atoms with Crippen LogP contribution in [-0.4, -0.2) is 11.7 Å². The first-order valence-electron chi connectivity index (χ1n) is 4.73. The molecule has 0 bridgehead atoms. The van der Waals surface area contributed by atoms with Gasteiger partial charge in [0.05, 0.1) is 16.0 Å². The quantitative estimate of drug-likeness (QED) is 0.840. The fraction of sp³-hybridized carbons (Fsp3) is 0.600. The zero-order chi connectivity index (χ0) is 10.7. The third-order valence-electron chi connectivity index (χ3n) is 2.47. The molecule has 0 saturated heterocycles. The summed E-state index contributed by atoms with van der Waals surface area (Å²) < 4.78 is 0. The number of aryl methyl sites for hydroxylation is 1. The zero-order valence-corrected chi connectivity index (χ0v) is 10.0. The van der Waals surface area contributed by atoms with Gasteiger partial charge in [0.15, 0.2) is 0 Å². The van der Waals surface area contributed by atoms with Crippen molar-refractivity contribution in [3.63, 3.8) is 0 Å². The Labute approximate surface area is 93.7 Å². The molecule has 1 heterocycles. The predicted molar refractivity (Wildman–Crippen MR) is 61.9 cm³/mol. The van der Waals surface area contributed by atoms with Crippen molar-refractivity contribution in [2.45, 2.75) is 26.4 Å². The molecule has 1 aromatic heterocycles. The van der Waals surface area contributed by atoms with E-state index < -0.39 is 6.10 Å². The van der Waals surface area contributed by atoms with Gasteiger partial charge < -0.3 is 10.8 Å². The van der Waals surface area contributed by atoms with Gasteiger partial charge in [0.1, 0.15) is 0 Å². The Morgan fingerprint density at radius 2 is 2.29 bits per heavy atom. The zero-order valence-electron chi connectivity index (χ0n) is 8.46. The summed E-state index contributed by atoms with van der Waals surface area (Å²) in [6, 6.07) is 0. The average Bonchev–Trinajstić information content (AvgIpc) is 2.49. The molecule has 0 saturated carbocycles. The maximum absolute atomic E-state index is 10.0. The Morgan fingerprint density at radius 1 is 1.64 bits per heavy atom. The normalized spacial score (nSPS) is 15.5. The minimum atomic E-state index is -0.517. The molecule has 0 radical (unpaired) electrons. The first kappa shape index (κ1) is 12.0. The molecule has 2 unspecified atom stereocenters. The second-order valence-corrected chi connectivity index (χ2v) is 4.74. The lowest BCUT2D eigenvalue weighted by Crippen LogP contribution is -2.20. The van der Waals surface area contributed by atoms with E-state index in [2.05, 4.69) is 0 Å². The number of halogens is 1. The van der Waals surface area contributed by atoms with E-state index in [0.29, 0.717) is 11.6 Å². The number of hydrogen-bond acceptors (Lipinski definition) is 3. The second kappa shape index (κ2) is 5.12. The molecule has 2 atom stereocenters. The molecular weight excluding hydrogens is 218 g/mol. The number of thiophene rings is 1. The summed E-state index contributed by atoms with van der Waals surface area (Å²) in [6.07, 6.45) is 0.349. The highest BCUT2D eigenvalue weighted by Crippen LogP contribution is 2.36. The minimum absolute atomic E-state index is 0.102. The van der Waals surface area contributed by atoms with Gasteiger partial charge in [-0.15, -0.1) is 11.3 Å². The number of hydrogen-bond donors (Lipinski definition) is 2. The lowest BCUT2D eigenvalue weighted by Gasteiger charge is -2.18. The smallest absolute Gasteiger partial charge is 0.0937 e. The van der Waals surface area contributed by atoms with Gasteiger partial charge in [0.25, 0.3) is 0 Å². The number of aliphatic hydroxyl groups excluding tert-OH is 1. The summed E-state index contributed by atoms with van der Waals surface area (Å²) >= 11 is 7.58.